The van der Waals surface area contributed by atoms with Gasteiger partial charge in [0.1, 0.15) is 5.82 Å². The van der Waals surface area contributed by atoms with E-state index < -0.39 is 0 Å². The summed E-state index contributed by atoms with van der Waals surface area (Å²) >= 11 is 5.15. The predicted molar refractivity (Wildman–Crippen MR) is 108 cm³/mol. The lowest BCUT2D eigenvalue weighted by atomic mass is 9.68. The van der Waals surface area contributed by atoms with Crippen LogP contribution in [0.25, 0.3) is 0 Å². The Morgan fingerprint density at radius 2 is 2.08 bits per heavy atom. The molecule has 0 fully saturated rings. The van der Waals surface area contributed by atoms with Crippen LogP contribution in [0.3, 0.4) is 0 Å². The molecular weight excluding hydrogens is 333 g/mol. The van der Waals surface area contributed by atoms with Gasteiger partial charge in [0.05, 0.1) is 11.4 Å². The third-order valence-corrected chi connectivity index (χ3v) is 4.77. The average Bonchev–Trinajstić information content (AvgIpc) is 2.54. The topological polar surface area (TPSA) is 36.4 Å². The zero-order valence-electron chi connectivity index (χ0n) is 15.3. The molecular formula is C20H26FN3S. The Labute approximate surface area is 155 Å². The zero-order valence-corrected chi connectivity index (χ0v) is 16.1. The molecule has 0 heterocycles. The number of benzene rings is 1. The van der Waals surface area contributed by atoms with E-state index >= 15 is 0 Å². The first-order valence-electron chi connectivity index (χ1n) is 8.50. The fourth-order valence-corrected chi connectivity index (χ4v) is 3.26. The summed E-state index contributed by atoms with van der Waals surface area (Å²) in [7, 11) is 0. The van der Waals surface area contributed by atoms with E-state index in [0.717, 1.165) is 12.1 Å². The number of nitrogens with one attached hydrogen (secondary N) is 2. The van der Waals surface area contributed by atoms with Gasteiger partial charge in [0, 0.05) is 5.92 Å². The average molecular weight is 360 g/mol. The van der Waals surface area contributed by atoms with Crippen molar-refractivity contribution in [3.63, 3.8) is 0 Å². The number of anilines is 1. The highest BCUT2D eigenvalue weighted by atomic mass is 32.1. The number of para-hydroxylation sites is 1. The van der Waals surface area contributed by atoms with Gasteiger partial charge in [0.2, 0.25) is 0 Å². The van der Waals surface area contributed by atoms with Gasteiger partial charge in [-0.25, -0.2) is 4.39 Å². The van der Waals surface area contributed by atoms with E-state index in [2.05, 4.69) is 48.8 Å². The van der Waals surface area contributed by atoms with Crippen molar-refractivity contribution in [2.24, 2.45) is 16.4 Å². The summed E-state index contributed by atoms with van der Waals surface area (Å²) in [6.45, 7) is 8.70. The lowest BCUT2D eigenvalue weighted by molar-refractivity contribution is 0.255. The van der Waals surface area contributed by atoms with Crippen molar-refractivity contribution < 1.29 is 4.39 Å². The van der Waals surface area contributed by atoms with Crippen LogP contribution in [0.2, 0.25) is 0 Å². The molecule has 0 saturated carbocycles. The van der Waals surface area contributed by atoms with Crippen molar-refractivity contribution in [2.45, 2.75) is 40.5 Å². The van der Waals surface area contributed by atoms with Crippen molar-refractivity contribution in [1.82, 2.24) is 5.43 Å². The first kappa shape index (κ1) is 19.3. The maximum atomic E-state index is 13.6. The van der Waals surface area contributed by atoms with Crippen molar-refractivity contribution in [2.75, 3.05) is 5.32 Å². The molecule has 1 atom stereocenters. The number of hydrogen-bond acceptors (Lipinski definition) is 2. The normalized spacial score (nSPS) is 20.3. The molecule has 0 bridgehead atoms. The molecule has 1 aromatic rings. The second kappa shape index (κ2) is 8.39. The van der Waals surface area contributed by atoms with Gasteiger partial charge >= 0.3 is 0 Å². The number of halogens is 1. The van der Waals surface area contributed by atoms with Crippen molar-refractivity contribution >= 4 is 28.7 Å². The van der Waals surface area contributed by atoms with E-state index in [1.807, 2.05) is 13.0 Å². The van der Waals surface area contributed by atoms with Crippen LogP contribution in [-0.2, 0) is 0 Å². The number of thiocarbonyl (C=S) groups is 1. The van der Waals surface area contributed by atoms with Crippen LogP contribution in [0.1, 0.15) is 40.5 Å². The van der Waals surface area contributed by atoms with Gasteiger partial charge in [-0.2, -0.15) is 5.10 Å². The van der Waals surface area contributed by atoms with Crippen molar-refractivity contribution in [1.29, 1.82) is 0 Å². The number of hydrazone groups is 1. The second-order valence-corrected chi connectivity index (χ2v) is 7.52. The molecule has 1 aromatic carbocycles. The Morgan fingerprint density at radius 1 is 1.36 bits per heavy atom. The van der Waals surface area contributed by atoms with E-state index in [-0.39, 0.29) is 16.3 Å². The molecule has 5 heteroatoms. The minimum Gasteiger partial charge on any atom is -0.329 e. The van der Waals surface area contributed by atoms with E-state index in [9.17, 15) is 4.39 Å². The van der Waals surface area contributed by atoms with E-state index in [0.29, 0.717) is 11.6 Å². The van der Waals surface area contributed by atoms with Crippen LogP contribution >= 0.6 is 12.2 Å². The maximum Gasteiger partial charge on any atom is 0.191 e. The molecule has 3 nitrogen and oxygen atoms in total. The van der Waals surface area contributed by atoms with Gasteiger partial charge in [0.15, 0.2) is 5.11 Å². The van der Waals surface area contributed by atoms with Gasteiger partial charge in [-0.1, -0.05) is 43.7 Å². The van der Waals surface area contributed by atoms with Crippen LogP contribution in [0.15, 0.2) is 53.2 Å². The van der Waals surface area contributed by atoms with Gasteiger partial charge in [-0.15, -0.1) is 0 Å². The summed E-state index contributed by atoms with van der Waals surface area (Å²) in [6, 6.07) is 6.38. The van der Waals surface area contributed by atoms with Gasteiger partial charge in [-0.3, -0.25) is 5.43 Å². The largest absolute Gasteiger partial charge is 0.329 e. The zero-order chi connectivity index (χ0) is 18.4. The molecule has 25 heavy (non-hydrogen) atoms. The standard InChI is InChI=1S/C20H26FN3S/c1-14-8-7-13-20(3,4)16(14)12-11-15(2)23-24-19(25)22-18-10-6-5-9-17(18)21/h5-6,8-12,16H,7,13H2,1-4H3,(H2,22,24,25). The smallest absolute Gasteiger partial charge is 0.191 e. The molecule has 1 unspecified atom stereocenters. The Balaban J connectivity index is 1.95. The monoisotopic (exact) mass is 359 g/mol. The van der Waals surface area contributed by atoms with E-state index in [4.69, 9.17) is 12.2 Å². The minimum atomic E-state index is -0.353. The highest BCUT2D eigenvalue weighted by Gasteiger charge is 2.30. The van der Waals surface area contributed by atoms with E-state index in [1.165, 1.54) is 18.1 Å². The molecule has 1 aliphatic rings. The molecule has 0 aromatic heterocycles. The lowest BCUT2D eigenvalue weighted by Crippen LogP contribution is -2.26. The summed E-state index contributed by atoms with van der Waals surface area (Å²) in [6.07, 6.45) is 8.86. The molecule has 0 radical (unpaired) electrons. The summed E-state index contributed by atoms with van der Waals surface area (Å²) in [5.41, 5.74) is 5.55. The fourth-order valence-electron chi connectivity index (χ4n) is 3.11. The SMILES string of the molecule is CC1=CCCC(C)(C)C1C=CC(C)=NNC(=S)Nc1ccccc1F. The summed E-state index contributed by atoms with van der Waals surface area (Å²) in [5.74, 6) is 0.0592. The first-order valence-corrected chi connectivity index (χ1v) is 8.91. The molecule has 0 amide bonds. The number of nitrogens with zero attached hydrogens (tertiary/aromatic N) is 1. The quantitative estimate of drug-likeness (QED) is 0.326. The number of hydrogen-bond donors (Lipinski definition) is 2. The third kappa shape index (κ3) is 5.49. The summed E-state index contributed by atoms with van der Waals surface area (Å²) in [5, 5.41) is 7.29. The van der Waals surface area contributed by atoms with Crippen LogP contribution < -0.4 is 10.7 Å². The van der Waals surface area contributed by atoms with Crippen molar-refractivity contribution in [3.8, 4) is 0 Å². The predicted octanol–water partition coefficient (Wildman–Crippen LogP) is 5.43. The molecule has 2 rings (SSSR count). The third-order valence-electron chi connectivity index (χ3n) is 4.57. The van der Waals surface area contributed by atoms with Crippen molar-refractivity contribution in [3.05, 3.63) is 53.9 Å². The van der Waals surface area contributed by atoms with Crippen LogP contribution in [-0.4, -0.2) is 10.8 Å². The molecule has 2 N–H and O–H groups in total. The Bertz CT molecular complexity index is 719. The number of rotatable bonds is 4. The summed E-state index contributed by atoms with van der Waals surface area (Å²) < 4.78 is 13.6. The van der Waals surface area contributed by atoms with Crippen LogP contribution in [0.5, 0.6) is 0 Å². The number of allylic oxidation sites excluding steroid dienone is 4. The molecule has 134 valence electrons. The molecule has 0 aliphatic heterocycles. The Hall–Kier alpha value is -2.01. The summed E-state index contributed by atoms with van der Waals surface area (Å²) in [4.78, 5) is 0. The maximum absolute atomic E-state index is 13.6. The van der Waals surface area contributed by atoms with E-state index in [1.54, 1.807) is 18.2 Å². The highest BCUT2D eigenvalue weighted by Crippen LogP contribution is 2.41. The molecule has 0 saturated heterocycles. The fraction of sp³-hybridized carbons (Fsp3) is 0.400. The molecule has 1 aliphatic carbocycles. The lowest BCUT2D eigenvalue weighted by Gasteiger charge is -2.36. The minimum absolute atomic E-state index is 0.255. The van der Waals surface area contributed by atoms with Crippen LogP contribution in [0.4, 0.5) is 10.1 Å². The Kier molecular flexibility index (Phi) is 6.48. The van der Waals surface area contributed by atoms with Gasteiger partial charge in [-0.05, 0) is 62.5 Å². The second-order valence-electron chi connectivity index (χ2n) is 7.11. The molecule has 0 spiro atoms. The van der Waals surface area contributed by atoms with Crippen LogP contribution in [0, 0.1) is 17.2 Å². The Morgan fingerprint density at radius 3 is 2.76 bits per heavy atom. The van der Waals surface area contributed by atoms with Gasteiger partial charge < -0.3 is 5.32 Å². The first-order chi connectivity index (χ1) is 11.8. The highest BCUT2D eigenvalue weighted by molar-refractivity contribution is 7.80. The van der Waals surface area contributed by atoms with Gasteiger partial charge in [0.25, 0.3) is 0 Å².